The van der Waals surface area contributed by atoms with Crippen LogP contribution in [0.3, 0.4) is 0 Å². The average Bonchev–Trinajstić information content (AvgIpc) is 2.67. The van der Waals surface area contributed by atoms with Crippen LogP contribution in [-0.4, -0.2) is 41.5 Å². The maximum atomic E-state index is 12.8. The zero-order valence-corrected chi connectivity index (χ0v) is 16.2. The van der Waals surface area contributed by atoms with Crippen LogP contribution >= 0.6 is 0 Å². The Morgan fingerprint density at radius 1 is 1.21 bits per heavy atom. The number of oxime groups is 1. The monoisotopic (exact) mass is 403 g/mol. The molecule has 2 N–H and O–H groups in total. The lowest BCUT2D eigenvalue weighted by Crippen LogP contribution is -2.34. The number of nitro groups is 1. The van der Waals surface area contributed by atoms with Gasteiger partial charge >= 0.3 is 11.9 Å². The van der Waals surface area contributed by atoms with E-state index in [0.29, 0.717) is 5.70 Å². The molecule has 10 heteroatoms. The Morgan fingerprint density at radius 3 is 2.34 bits per heavy atom. The molecule has 1 unspecified atom stereocenters. The van der Waals surface area contributed by atoms with Gasteiger partial charge in [0.25, 0.3) is 5.69 Å². The first-order valence-corrected chi connectivity index (χ1v) is 8.84. The van der Waals surface area contributed by atoms with Gasteiger partial charge in [0.05, 0.1) is 47.1 Å². The number of hydrogen-bond acceptors (Lipinski definition) is 9. The van der Waals surface area contributed by atoms with Gasteiger partial charge in [0.2, 0.25) is 0 Å². The van der Waals surface area contributed by atoms with E-state index in [-0.39, 0.29) is 41.3 Å². The van der Waals surface area contributed by atoms with Gasteiger partial charge < -0.3 is 20.0 Å². The molecule has 1 heterocycles. The molecule has 1 aromatic carbocycles. The Balaban J connectivity index is 2.85. The Kier molecular flexibility index (Phi) is 7.07. The molecular formula is C19H21N3O7. The summed E-state index contributed by atoms with van der Waals surface area (Å²) < 4.78 is 10.2. The highest BCUT2D eigenvalue weighted by Crippen LogP contribution is 2.42. The minimum absolute atomic E-state index is 0.0271. The number of carbonyl (C=O) groups is 2. The number of esters is 2. The predicted octanol–water partition coefficient (Wildman–Crippen LogP) is 2.40. The fourth-order valence-corrected chi connectivity index (χ4v) is 3.14. The number of nitro benzene ring substituents is 1. The van der Waals surface area contributed by atoms with Crippen LogP contribution in [0.1, 0.15) is 32.3 Å². The summed E-state index contributed by atoms with van der Waals surface area (Å²) in [5.41, 5.74) is 0.102. The SMILES string of the molecule is CCOC(=O)C1=C(C)NC(C=NO)=C(C(=O)OCC)C1c1ccccc1[N+](=O)[O-]. The van der Waals surface area contributed by atoms with Crippen molar-refractivity contribution in [3.63, 3.8) is 0 Å². The number of dihydropyridines is 1. The molecule has 154 valence electrons. The lowest BCUT2D eigenvalue weighted by Gasteiger charge is -2.29. The van der Waals surface area contributed by atoms with Crippen molar-refractivity contribution in [1.82, 2.24) is 5.32 Å². The minimum Gasteiger partial charge on any atom is -0.463 e. The summed E-state index contributed by atoms with van der Waals surface area (Å²) in [5, 5.41) is 26.4. The van der Waals surface area contributed by atoms with Gasteiger partial charge in [0.1, 0.15) is 0 Å². The summed E-state index contributed by atoms with van der Waals surface area (Å²) in [6, 6.07) is 5.77. The van der Waals surface area contributed by atoms with Gasteiger partial charge in [-0.05, 0) is 20.8 Å². The molecule has 0 saturated carbocycles. The molecule has 29 heavy (non-hydrogen) atoms. The number of nitrogens with one attached hydrogen (secondary N) is 1. The highest BCUT2D eigenvalue weighted by Gasteiger charge is 2.41. The maximum Gasteiger partial charge on any atom is 0.337 e. The molecule has 0 aliphatic carbocycles. The number of benzene rings is 1. The van der Waals surface area contributed by atoms with Crippen molar-refractivity contribution < 1.29 is 29.2 Å². The van der Waals surface area contributed by atoms with Crippen molar-refractivity contribution >= 4 is 23.8 Å². The van der Waals surface area contributed by atoms with E-state index >= 15 is 0 Å². The fourth-order valence-electron chi connectivity index (χ4n) is 3.14. The molecule has 0 radical (unpaired) electrons. The lowest BCUT2D eigenvalue weighted by atomic mass is 9.79. The van der Waals surface area contributed by atoms with Crippen molar-refractivity contribution in [2.45, 2.75) is 26.7 Å². The van der Waals surface area contributed by atoms with Crippen LogP contribution in [0.15, 0.2) is 52.0 Å². The number of nitrogens with zero attached hydrogens (tertiary/aromatic N) is 2. The van der Waals surface area contributed by atoms with Crippen LogP contribution in [0, 0.1) is 10.1 Å². The molecule has 0 bridgehead atoms. The fraction of sp³-hybridized carbons (Fsp3) is 0.316. The summed E-state index contributed by atoms with van der Waals surface area (Å²) in [5.74, 6) is -2.71. The van der Waals surface area contributed by atoms with Gasteiger partial charge in [0, 0.05) is 17.3 Å². The predicted molar refractivity (Wildman–Crippen MR) is 102 cm³/mol. The van der Waals surface area contributed by atoms with E-state index in [1.165, 1.54) is 18.2 Å². The lowest BCUT2D eigenvalue weighted by molar-refractivity contribution is -0.385. The Bertz CT molecular complexity index is 918. The van der Waals surface area contributed by atoms with Crippen molar-refractivity contribution in [2.75, 3.05) is 13.2 Å². The molecule has 1 aliphatic heterocycles. The number of carbonyl (C=O) groups excluding carboxylic acids is 2. The number of rotatable bonds is 7. The van der Waals surface area contributed by atoms with Crippen LogP contribution in [-0.2, 0) is 19.1 Å². The highest BCUT2D eigenvalue weighted by molar-refractivity contribution is 6.04. The van der Waals surface area contributed by atoms with Crippen molar-refractivity contribution in [1.29, 1.82) is 0 Å². The maximum absolute atomic E-state index is 12.8. The van der Waals surface area contributed by atoms with E-state index in [1.807, 2.05) is 0 Å². The molecule has 1 atom stereocenters. The summed E-state index contributed by atoms with van der Waals surface area (Å²) in [7, 11) is 0. The van der Waals surface area contributed by atoms with Crippen LogP contribution in [0.25, 0.3) is 0 Å². The molecule has 0 fully saturated rings. The van der Waals surface area contributed by atoms with Crippen molar-refractivity contribution in [3.8, 4) is 0 Å². The molecule has 1 aromatic rings. The van der Waals surface area contributed by atoms with Gasteiger partial charge in [-0.2, -0.15) is 0 Å². The van der Waals surface area contributed by atoms with Crippen LogP contribution in [0.2, 0.25) is 0 Å². The summed E-state index contributed by atoms with van der Waals surface area (Å²) in [4.78, 5) is 36.5. The number of allylic oxidation sites excluding steroid dienone is 2. The highest BCUT2D eigenvalue weighted by atomic mass is 16.6. The van der Waals surface area contributed by atoms with E-state index in [1.54, 1.807) is 26.8 Å². The molecular weight excluding hydrogens is 382 g/mol. The molecule has 10 nitrogen and oxygen atoms in total. The molecule has 0 amide bonds. The molecule has 0 aromatic heterocycles. The third-order valence-electron chi connectivity index (χ3n) is 4.22. The van der Waals surface area contributed by atoms with Gasteiger partial charge in [-0.1, -0.05) is 23.4 Å². The third kappa shape index (κ3) is 4.42. The molecule has 1 aliphatic rings. The first-order chi connectivity index (χ1) is 13.9. The zero-order chi connectivity index (χ0) is 21.6. The van der Waals surface area contributed by atoms with E-state index in [9.17, 15) is 19.7 Å². The quantitative estimate of drug-likeness (QED) is 0.232. The summed E-state index contributed by atoms with van der Waals surface area (Å²) in [6.07, 6.45) is 0.972. The second-order valence-corrected chi connectivity index (χ2v) is 5.93. The second-order valence-electron chi connectivity index (χ2n) is 5.93. The van der Waals surface area contributed by atoms with E-state index < -0.39 is 22.8 Å². The Hall–Kier alpha value is -3.69. The number of ether oxygens (including phenoxy) is 2. The van der Waals surface area contributed by atoms with E-state index in [0.717, 1.165) is 6.21 Å². The van der Waals surface area contributed by atoms with Gasteiger partial charge in [-0.15, -0.1) is 0 Å². The van der Waals surface area contributed by atoms with Crippen LogP contribution in [0.4, 0.5) is 5.69 Å². The second kappa shape index (κ2) is 9.49. The standard InChI is InChI=1S/C19H21N3O7/c1-4-28-18(23)15-11(3)21-13(10-20-25)17(19(24)29-5-2)16(15)12-8-6-7-9-14(12)22(26)27/h6-10,16,21,25H,4-5H2,1-3H3. The molecule has 0 spiro atoms. The topological polar surface area (TPSA) is 140 Å². The Morgan fingerprint density at radius 2 is 1.79 bits per heavy atom. The number of para-hydroxylation sites is 1. The minimum atomic E-state index is -1.16. The van der Waals surface area contributed by atoms with Crippen LogP contribution < -0.4 is 5.32 Å². The average molecular weight is 403 g/mol. The summed E-state index contributed by atoms with van der Waals surface area (Å²) >= 11 is 0. The zero-order valence-electron chi connectivity index (χ0n) is 16.2. The smallest absolute Gasteiger partial charge is 0.337 e. The van der Waals surface area contributed by atoms with Gasteiger partial charge in [-0.25, -0.2) is 9.59 Å². The van der Waals surface area contributed by atoms with Gasteiger partial charge in [0.15, 0.2) is 0 Å². The third-order valence-corrected chi connectivity index (χ3v) is 4.22. The first kappa shape index (κ1) is 21.6. The number of hydrogen-bond donors (Lipinski definition) is 2. The van der Waals surface area contributed by atoms with E-state index in [4.69, 9.17) is 14.7 Å². The summed E-state index contributed by atoms with van der Waals surface area (Å²) in [6.45, 7) is 4.88. The first-order valence-electron chi connectivity index (χ1n) is 8.84. The van der Waals surface area contributed by atoms with Crippen molar-refractivity contribution in [2.24, 2.45) is 5.16 Å². The van der Waals surface area contributed by atoms with Crippen molar-refractivity contribution in [3.05, 3.63) is 62.5 Å². The Labute approximate surface area is 166 Å². The van der Waals surface area contributed by atoms with Gasteiger partial charge in [-0.3, -0.25) is 10.1 Å². The molecule has 0 saturated heterocycles. The van der Waals surface area contributed by atoms with E-state index in [2.05, 4.69) is 10.5 Å². The normalized spacial score (nSPS) is 16.6. The largest absolute Gasteiger partial charge is 0.463 e. The molecule has 2 rings (SSSR count). The van der Waals surface area contributed by atoms with Crippen LogP contribution in [0.5, 0.6) is 0 Å².